The second kappa shape index (κ2) is 8.03. The third-order valence-corrected chi connectivity index (χ3v) is 4.27. The maximum atomic E-state index is 12.7. The van der Waals surface area contributed by atoms with Gasteiger partial charge >= 0.3 is 0 Å². The molecule has 0 aliphatic heterocycles. The highest BCUT2D eigenvalue weighted by Gasteiger charge is 2.17. The summed E-state index contributed by atoms with van der Waals surface area (Å²) in [6.07, 6.45) is 0. The highest BCUT2D eigenvalue weighted by Crippen LogP contribution is 2.16. The molecule has 140 valence electrons. The minimum absolute atomic E-state index is 0.141. The van der Waals surface area contributed by atoms with Crippen molar-refractivity contribution in [3.63, 3.8) is 0 Å². The first-order valence-corrected chi connectivity index (χ1v) is 8.97. The zero-order chi connectivity index (χ0) is 19.4. The molecule has 1 aromatic heterocycles. The quantitative estimate of drug-likeness (QED) is 0.681. The fourth-order valence-corrected chi connectivity index (χ4v) is 2.85. The molecule has 27 heavy (non-hydrogen) atoms. The first kappa shape index (κ1) is 18.6. The summed E-state index contributed by atoms with van der Waals surface area (Å²) in [7, 11) is 0. The highest BCUT2D eigenvalue weighted by molar-refractivity contribution is 6.04. The van der Waals surface area contributed by atoms with Crippen molar-refractivity contribution in [1.29, 1.82) is 0 Å². The molecule has 0 saturated heterocycles. The predicted octanol–water partition coefficient (Wildman–Crippen LogP) is 3.09. The van der Waals surface area contributed by atoms with Gasteiger partial charge in [-0.2, -0.15) is 5.10 Å². The van der Waals surface area contributed by atoms with Crippen LogP contribution in [0.1, 0.15) is 35.9 Å². The highest BCUT2D eigenvalue weighted by atomic mass is 16.5. The van der Waals surface area contributed by atoms with Gasteiger partial charge in [0.25, 0.3) is 11.5 Å². The van der Waals surface area contributed by atoms with Gasteiger partial charge in [0, 0.05) is 5.39 Å². The maximum absolute atomic E-state index is 12.7. The Morgan fingerprint density at radius 2 is 1.78 bits per heavy atom. The van der Waals surface area contributed by atoms with E-state index in [0.29, 0.717) is 23.9 Å². The van der Waals surface area contributed by atoms with Gasteiger partial charge in [0.15, 0.2) is 5.69 Å². The first-order chi connectivity index (χ1) is 13.0. The van der Waals surface area contributed by atoms with E-state index in [0.717, 1.165) is 11.3 Å². The molecule has 0 aliphatic carbocycles. The predicted molar refractivity (Wildman–Crippen MR) is 105 cm³/mol. The molecule has 0 spiro atoms. The number of fused-ring (bicyclic) bond motifs is 1. The number of nitrogens with zero attached hydrogens (tertiary/aromatic N) is 2. The Balaban J connectivity index is 1.76. The summed E-state index contributed by atoms with van der Waals surface area (Å²) in [4.78, 5) is 25.2. The third kappa shape index (κ3) is 4.00. The van der Waals surface area contributed by atoms with Crippen LogP contribution in [-0.2, 0) is 0 Å². The van der Waals surface area contributed by atoms with Gasteiger partial charge in [-0.3, -0.25) is 9.59 Å². The molecule has 0 radical (unpaired) electrons. The number of hydrogen-bond acceptors (Lipinski definition) is 4. The number of aryl methyl sites for hydroxylation is 1. The van der Waals surface area contributed by atoms with Gasteiger partial charge in [0.2, 0.25) is 0 Å². The summed E-state index contributed by atoms with van der Waals surface area (Å²) in [6, 6.07) is 14.6. The molecule has 1 heterocycles. The lowest BCUT2D eigenvalue weighted by Gasteiger charge is -2.14. The summed E-state index contributed by atoms with van der Waals surface area (Å²) in [5.41, 5.74) is 1.09. The minimum Gasteiger partial charge on any atom is -0.491 e. The smallest absolute Gasteiger partial charge is 0.274 e. The topological polar surface area (TPSA) is 73.2 Å². The number of hydrogen-bond donors (Lipinski definition) is 1. The van der Waals surface area contributed by atoms with Crippen LogP contribution in [0, 0.1) is 6.92 Å². The van der Waals surface area contributed by atoms with Gasteiger partial charge in [-0.05, 0) is 38.5 Å². The van der Waals surface area contributed by atoms with Crippen LogP contribution in [0.25, 0.3) is 10.8 Å². The van der Waals surface area contributed by atoms with Crippen molar-refractivity contribution in [2.24, 2.45) is 0 Å². The monoisotopic (exact) mass is 365 g/mol. The molecule has 1 N–H and O–H groups in total. The van der Waals surface area contributed by atoms with Crippen molar-refractivity contribution in [3.8, 4) is 5.75 Å². The SMILES string of the molecule is Cc1ccccc1OCCNC(=O)c1nn(C(C)C)c(=O)c2ccccc12. The van der Waals surface area contributed by atoms with Crippen LogP contribution in [0.15, 0.2) is 53.3 Å². The maximum Gasteiger partial charge on any atom is 0.274 e. The van der Waals surface area contributed by atoms with Crippen LogP contribution in [0.5, 0.6) is 5.75 Å². The Morgan fingerprint density at radius 1 is 1.11 bits per heavy atom. The number of para-hydroxylation sites is 1. The van der Waals surface area contributed by atoms with Crippen LogP contribution in [0.3, 0.4) is 0 Å². The molecule has 0 fully saturated rings. The van der Waals surface area contributed by atoms with Crippen LogP contribution in [0.2, 0.25) is 0 Å². The summed E-state index contributed by atoms with van der Waals surface area (Å²) < 4.78 is 7.05. The van der Waals surface area contributed by atoms with Gasteiger partial charge in [0.1, 0.15) is 12.4 Å². The van der Waals surface area contributed by atoms with E-state index in [9.17, 15) is 9.59 Å². The average molecular weight is 365 g/mol. The molecule has 6 nitrogen and oxygen atoms in total. The van der Waals surface area contributed by atoms with Gasteiger partial charge in [-0.25, -0.2) is 4.68 Å². The number of carbonyl (C=O) groups is 1. The van der Waals surface area contributed by atoms with E-state index in [1.54, 1.807) is 24.3 Å². The van der Waals surface area contributed by atoms with Gasteiger partial charge in [-0.1, -0.05) is 36.4 Å². The molecule has 3 aromatic rings. The minimum atomic E-state index is -0.325. The summed E-state index contributed by atoms with van der Waals surface area (Å²) in [5, 5.41) is 8.17. The molecule has 1 amide bonds. The zero-order valence-corrected chi connectivity index (χ0v) is 15.7. The standard InChI is InChI=1S/C21H23N3O3/c1-14(2)24-21(26)17-10-6-5-9-16(17)19(23-24)20(25)22-12-13-27-18-11-7-4-8-15(18)3/h4-11,14H,12-13H2,1-3H3,(H,22,25). The van der Waals surface area contributed by atoms with Crippen LogP contribution < -0.4 is 15.6 Å². The van der Waals surface area contributed by atoms with E-state index < -0.39 is 0 Å². The number of aromatic nitrogens is 2. The Bertz CT molecular complexity index is 1020. The molecule has 2 aromatic carbocycles. The Labute approximate surface area is 157 Å². The normalized spacial score (nSPS) is 11.0. The lowest BCUT2D eigenvalue weighted by atomic mass is 10.1. The summed E-state index contributed by atoms with van der Waals surface area (Å²) in [5.74, 6) is 0.470. The molecule has 0 unspecified atom stereocenters. The number of benzene rings is 2. The Hall–Kier alpha value is -3.15. The second-order valence-electron chi connectivity index (χ2n) is 6.61. The van der Waals surface area contributed by atoms with E-state index in [1.165, 1.54) is 4.68 Å². The van der Waals surface area contributed by atoms with Crippen molar-refractivity contribution >= 4 is 16.7 Å². The number of amides is 1. The fourth-order valence-electron chi connectivity index (χ4n) is 2.85. The van der Waals surface area contributed by atoms with Crippen molar-refractivity contribution in [3.05, 3.63) is 70.1 Å². The van der Waals surface area contributed by atoms with Crippen LogP contribution in [0.4, 0.5) is 0 Å². The Morgan fingerprint density at radius 3 is 2.48 bits per heavy atom. The summed E-state index contributed by atoms with van der Waals surface area (Å²) >= 11 is 0. The molecule has 0 aliphatic rings. The fraction of sp³-hybridized carbons (Fsp3) is 0.286. The third-order valence-electron chi connectivity index (χ3n) is 4.27. The van der Waals surface area contributed by atoms with Gasteiger partial charge in [0.05, 0.1) is 18.0 Å². The van der Waals surface area contributed by atoms with E-state index in [-0.39, 0.29) is 23.2 Å². The van der Waals surface area contributed by atoms with Gasteiger partial charge in [-0.15, -0.1) is 0 Å². The van der Waals surface area contributed by atoms with E-state index in [2.05, 4.69) is 10.4 Å². The molecule has 0 bridgehead atoms. The van der Waals surface area contributed by atoms with E-state index in [1.807, 2.05) is 45.0 Å². The lowest BCUT2D eigenvalue weighted by Crippen LogP contribution is -2.33. The van der Waals surface area contributed by atoms with Crippen molar-refractivity contribution < 1.29 is 9.53 Å². The van der Waals surface area contributed by atoms with Crippen molar-refractivity contribution in [2.75, 3.05) is 13.2 Å². The number of ether oxygens (including phenoxy) is 1. The Kier molecular flexibility index (Phi) is 5.54. The molecule has 3 rings (SSSR count). The van der Waals surface area contributed by atoms with Crippen molar-refractivity contribution in [1.82, 2.24) is 15.1 Å². The second-order valence-corrected chi connectivity index (χ2v) is 6.61. The number of rotatable bonds is 6. The summed E-state index contributed by atoms with van der Waals surface area (Å²) in [6.45, 7) is 6.38. The van der Waals surface area contributed by atoms with E-state index >= 15 is 0 Å². The van der Waals surface area contributed by atoms with Gasteiger partial charge < -0.3 is 10.1 Å². The molecule has 6 heteroatoms. The largest absolute Gasteiger partial charge is 0.491 e. The van der Waals surface area contributed by atoms with E-state index in [4.69, 9.17) is 4.74 Å². The van der Waals surface area contributed by atoms with Crippen LogP contribution >= 0.6 is 0 Å². The molecular weight excluding hydrogens is 342 g/mol. The first-order valence-electron chi connectivity index (χ1n) is 8.97. The number of carbonyl (C=O) groups excluding carboxylic acids is 1. The molecule has 0 saturated carbocycles. The van der Waals surface area contributed by atoms with Crippen LogP contribution in [-0.4, -0.2) is 28.8 Å². The lowest BCUT2D eigenvalue weighted by molar-refractivity contribution is 0.0941. The molecular formula is C21H23N3O3. The molecule has 0 atom stereocenters. The average Bonchev–Trinajstić information content (AvgIpc) is 2.66. The zero-order valence-electron chi connectivity index (χ0n) is 15.7. The number of nitrogens with one attached hydrogen (secondary N) is 1. The van der Waals surface area contributed by atoms with Crippen molar-refractivity contribution in [2.45, 2.75) is 26.8 Å².